The number of carbonyl (C=O) groups excluding carboxylic acids is 2. The van der Waals surface area contributed by atoms with Crippen LogP contribution in [0.5, 0.6) is 0 Å². The molecule has 5 nitrogen and oxygen atoms in total. The van der Waals surface area contributed by atoms with Crippen molar-refractivity contribution in [1.29, 1.82) is 0 Å². The first-order valence-corrected chi connectivity index (χ1v) is 8.13. The lowest BCUT2D eigenvalue weighted by atomic mass is 10.1. The standard InChI is InChI=1S/C19H20FN3O2/c1-12-5-3-8-17(13(12)2)22-19(25)21-15-10-18(24)23(11-15)16-7-4-6-14(20)9-16/h3-9,15H,10-11H2,1-2H3,(H2,21,22,25). The van der Waals surface area contributed by atoms with E-state index in [2.05, 4.69) is 10.6 Å². The van der Waals surface area contributed by atoms with Gasteiger partial charge in [-0.25, -0.2) is 9.18 Å². The van der Waals surface area contributed by atoms with Gasteiger partial charge in [0.25, 0.3) is 0 Å². The number of rotatable bonds is 3. The quantitative estimate of drug-likeness (QED) is 0.899. The fraction of sp³-hybridized carbons (Fsp3) is 0.263. The summed E-state index contributed by atoms with van der Waals surface area (Å²) >= 11 is 0. The van der Waals surface area contributed by atoms with E-state index in [0.29, 0.717) is 12.2 Å². The minimum atomic E-state index is -0.394. The van der Waals surface area contributed by atoms with E-state index in [1.807, 2.05) is 32.0 Å². The van der Waals surface area contributed by atoms with Crippen LogP contribution in [0.25, 0.3) is 0 Å². The van der Waals surface area contributed by atoms with Crippen molar-refractivity contribution in [2.45, 2.75) is 26.3 Å². The summed E-state index contributed by atoms with van der Waals surface area (Å²) in [6.45, 7) is 4.24. The summed E-state index contributed by atoms with van der Waals surface area (Å²) in [5.74, 6) is -0.531. The smallest absolute Gasteiger partial charge is 0.319 e. The first-order chi connectivity index (χ1) is 11.9. The Balaban J connectivity index is 1.63. The lowest BCUT2D eigenvalue weighted by molar-refractivity contribution is -0.117. The highest BCUT2D eigenvalue weighted by Gasteiger charge is 2.31. The van der Waals surface area contributed by atoms with E-state index in [-0.39, 0.29) is 24.4 Å². The van der Waals surface area contributed by atoms with E-state index < -0.39 is 5.82 Å². The molecule has 0 spiro atoms. The maximum Gasteiger partial charge on any atom is 0.319 e. The second-order valence-corrected chi connectivity index (χ2v) is 6.23. The molecule has 25 heavy (non-hydrogen) atoms. The van der Waals surface area contributed by atoms with E-state index in [0.717, 1.165) is 16.8 Å². The number of hydrogen-bond donors (Lipinski definition) is 2. The fourth-order valence-electron chi connectivity index (χ4n) is 2.93. The summed E-state index contributed by atoms with van der Waals surface area (Å²) in [7, 11) is 0. The van der Waals surface area contributed by atoms with Crippen LogP contribution in [-0.4, -0.2) is 24.5 Å². The number of halogens is 1. The molecular formula is C19H20FN3O2. The number of amides is 3. The molecule has 2 N–H and O–H groups in total. The van der Waals surface area contributed by atoms with Crippen LogP contribution in [0.15, 0.2) is 42.5 Å². The lowest BCUT2D eigenvalue weighted by Crippen LogP contribution is -2.39. The van der Waals surface area contributed by atoms with Crippen molar-refractivity contribution < 1.29 is 14.0 Å². The Kier molecular flexibility index (Phi) is 4.70. The van der Waals surface area contributed by atoms with Crippen LogP contribution in [0.1, 0.15) is 17.5 Å². The number of benzene rings is 2. The zero-order chi connectivity index (χ0) is 18.0. The summed E-state index contributed by atoms with van der Waals surface area (Å²) in [5.41, 5.74) is 3.33. The van der Waals surface area contributed by atoms with Crippen molar-refractivity contribution in [3.63, 3.8) is 0 Å². The van der Waals surface area contributed by atoms with E-state index >= 15 is 0 Å². The van der Waals surface area contributed by atoms with Crippen molar-refractivity contribution in [1.82, 2.24) is 5.32 Å². The SMILES string of the molecule is Cc1cccc(NC(=O)NC2CC(=O)N(c3cccc(F)c3)C2)c1C. The van der Waals surface area contributed by atoms with Gasteiger partial charge < -0.3 is 15.5 Å². The average Bonchev–Trinajstić information content (AvgIpc) is 2.92. The van der Waals surface area contributed by atoms with Crippen LogP contribution in [-0.2, 0) is 4.79 Å². The lowest BCUT2D eigenvalue weighted by Gasteiger charge is -2.18. The summed E-state index contributed by atoms with van der Waals surface area (Å²) in [5, 5.41) is 5.63. The number of aryl methyl sites for hydroxylation is 1. The van der Waals surface area contributed by atoms with Crippen molar-refractivity contribution >= 4 is 23.3 Å². The van der Waals surface area contributed by atoms with Gasteiger partial charge in [0.1, 0.15) is 5.82 Å². The van der Waals surface area contributed by atoms with Crippen molar-refractivity contribution in [2.75, 3.05) is 16.8 Å². The normalized spacial score (nSPS) is 16.8. The number of nitrogens with zero attached hydrogens (tertiary/aromatic N) is 1. The zero-order valence-electron chi connectivity index (χ0n) is 14.2. The predicted molar refractivity (Wildman–Crippen MR) is 95.2 cm³/mol. The third-order valence-electron chi connectivity index (χ3n) is 4.43. The molecule has 1 heterocycles. The molecule has 1 saturated heterocycles. The van der Waals surface area contributed by atoms with Crippen LogP contribution < -0.4 is 15.5 Å². The Morgan fingerprint density at radius 3 is 2.72 bits per heavy atom. The molecule has 1 aliphatic heterocycles. The van der Waals surface area contributed by atoms with Gasteiger partial charge in [0.05, 0.1) is 6.04 Å². The van der Waals surface area contributed by atoms with Crippen LogP contribution in [0.3, 0.4) is 0 Å². The van der Waals surface area contributed by atoms with Crippen LogP contribution in [0, 0.1) is 19.7 Å². The summed E-state index contributed by atoms with van der Waals surface area (Å²) in [6, 6.07) is 10.9. The minimum Gasteiger partial charge on any atom is -0.333 e. The second kappa shape index (κ2) is 6.93. The minimum absolute atomic E-state index is 0.136. The number of urea groups is 1. The zero-order valence-corrected chi connectivity index (χ0v) is 14.2. The van der Waals surface area contributed by atoms with Gasteiger partial charge in [-0.2, -0.15) is 0 Å². The van der Waals surface area contributed by atoms with Gasteiger partial charge in [-0.3, -0.25) is 4.79 Å². The molecule has 130 valence electrons. The molecule has 0 bridgehead atoms. The van der Waals surface area contributed by atoms with Crippen molar-refractivity contribution in [3.8, 4) is 0 Å². The van der Waals surface area contributed by atoms with Gasteiger partial charge in [-0.1, -0.05) is 18.2 Å². The van der Waals surface area contributed by atoms with Crippen molar-refractivity contribution in [3.05, 3.63) is 59.4 Å². The van der Waals surface area contributed by atoms with E-state index in [9.17, 15) is 14.0 Å². The second-order valence-electron chi connectivity index (χ2n) is 6.23. The van der Waals surface area contributed by atoms with Gasteiger partial charge in [-0.05, 0) is 49.2 Å². The molecule has 0 saturated carbocycles. The third-order valence-corrected chi connectivity index (χ3v) is 4.43. The van der Waals surface area contributed by atoms with E-state index in [1.54, 1.807) is 12.1 Å². The molecule has 0 aromatic heterocycles. The molecule has 0 radical (unpaired) electrons. The van der Waals surface area contributed by atoms with Crippen molar-refractivity contribution in [2.24, 2.45) is 0 Å². The van der Waals surface area contributed by atoms with E-state index in [1.165, 1.54) is 17.0 Å². The number of anilines is 2. The highest BCUT2D eigenvalue weighted by Crippen LogP contribution is 2.23. The fourth-order valence-corrected chi connectivity index (χ4v) is 2.93. The van der Waals surface area contributed by atoms with Crippen LogP contribution in [0.4, 0.5) is 20.6 Å². The highest BCUT2D eigenvalue weighted by molar-refractivity contribution is 5.97. The Bertz CT molecular complexity index is 822. The molecule has 2 aromatic rings. The highest BCUT2D eigenvalue weighted by atomic mass is 19.1. The van der Waals surface area contributed by atoms with Crippen LogP contribution >= 0.6 is 0 Å². The third kappa shape index (κ3) is 3.79. The average molecular weight is 341 g/mol. The van der Waals surface area contributed by atoms with Gasteiger partial charge in [0.2, 0.25) is 5.91 Å². The topological polar surface area (TPSA) is 61.4 Å². The van der Waals surface area contributed by atoms with Crippen LogP contribution in [0.2, 0.25) is 0 Å². The molecular weight excluding hydrogens is 321 g/mol. The molecule has 0 aliphatic carbocycles. The number of carbonyl (C=O) groups is 2. The Labute approximate surface area is 145 Å². The Hall–Kier alpha value is -2.89. The van der Waals surface area contributed by atoms with Gasteiger partial charge in [0, 0.05) is 24.3 Å². The Morgan fingerprint density at radius 1 is 1.20 bits per heavy atom. The number of hydrogen-bond acceptors (Lipinski definition) is 2. The summed E-state index contributed by atoms with van der Waals surface area (Å²) in [4.78, 5) is 25.9. The molecule has 1 aliphatic rings. The number of nitrogens with one attached hydrogen (secondary N) is 2. The van der Waals surface area contributed by atoms with Gasteiger partial charge in [-0.15, -0.1) is 0 Å². The van der Waals surface area contributed by atoms with E-state index in [4.69, 9.17) is 0 Å². The Morgan fingerprint density at radius 2 is 1.96 bits per heavy atom. The summed E-state index contributed by atoms with van der Waals surface area (Å²) in [6.07, 6.45) is 0.191. The largest absolute Gasteiger partial charge is 0.333 e. The molecule has 6 heteroatoms. The summed E-state index contributed by atoms with van der Waals surface area (Å²) < 4.78 is 13.3. The molecule has 3 rings (SSSR count). The monoisotopic (exact) mass is 341 g/mol. The maximum absolute atomic E-state index is 13.3. The predicted octanol–water partition coefficient (Wildman–Crippen LogP) is 3.37. The molecule has 2 aromatic carbocycles. The molecule has 1 unspecified atom stereocenters. The molecule has 1 fully saturated rings. The first kappa shape index (κ1) is 17.0. The first-order valence-electron chi connectivity index (χ1n) is 8.13. The van der Waals surface area contributed by atoms with Gasteiger partial charge in [0.15, 0.2) is 0 Å². The van der Waals surface area contributed by atoms with Gasteiger partial charge >= 0.3 is 6.03 Å². The molecule has 1 atom stereocenters. The maximum atomic E-state index is 13.3. The molecule has 3 amide bonds.